The lowest BCUT2D eigenvalue weighted by Crippen LogP contribution is -2.47. The molecule has 2 atom stereocenters. The molecule has 1 rings (SSSR count). The van der Waals surface area contributed by atoms with E-state index >= 15 is 0 Å². The average molecular weight is 228 g/mol. The largest absolute Gasteiger partial charge is 0.385 e. The van der Waals surface area contributed by atoms with Gasteiger partial charge in [-0.2, -0.15) is 0 Å². The van der Waals surface area contributed by atoms with Crippen LogP contribution in [-0.4, -0.2) is 43.8 Å². The average Bonchev–Trinajstić information content (AvgIpc) is 2.26. The van der Waals surface area contributed by atoms with E-state index in [0.29, 0.717) is 12.5 Å². The molecule has 1 saturated heterocycles. The predicted octanol–water partition coefficient (Wildman–Crippen LogP) is 1.85. The second kappa shape index (κ2) is 6.74. The first-order chi connectivity index (χ1) is 7.63. The SMILES string of the molecule is COCCC(C)NC(=O)N1CCCC(C)C1. The van der Waals surface area contributed by atoms with Gasteiger partial charge in [0.2, 0.25) is 0 Å². The fourth-order valence-electron chi connectivity index (χ4n) is 2.04. The fraction of sp³-hybridized carbons (Fsp3) is 0.917. The van der Waals surface area contributed by atoms with E-state index < -0.39 is 0 Å². The Labute approximate surface area is 98.3 Å². The van der Waals surface area contributed by atoms with Gasteiger partial charge in [-0.25, -0.2) is 4.79 Å². The molecule has 1 fully saturated rings. The predicted molar refractivity (Wildman–Crippen MR) is 64.5 cm³/mol. The summed E-state index contributed by atoms with van der Waals surface area (Å²) in [5.74, 6) is 0.633. The molecular formula is C12H24N2O2. The Morgan fingerprint density at radius 2 is 2.38 bits per heavy atom. The highest BCUT2D eigenvalue weighted by Crippen LogP contribution is 2.15. The molecule has 0 bridgehead atoms. The summed E-state index contributed by atoms with van der Waals surface area (Å²) in [4.78, 5) is 13.8. The van der Waals surface area contributed by atoms with Crippen molar-refractivity contribution in [1.29, 1.82) is 0 Å². The molecule has 0 aromatic rings. The van der Waals surface area contributed by atoms with Gasteiger partial charge in [-0.15, -0.1) is 0 Å². The number of carbonyl (C=O) groups is 1. The molecule has 0 saturated carbocycles. The molecule has 94 valence electrons. The van der Waals surface area contributed by atoms with Crippen molar-refractivity contribution in [2.45, 2.75) is 39.2 Å². The normalized spacial score (nSPS) is 22.9. The van der Waals surface area contributed by atoms with Crippen LogP contribution >= 0.6 is 0 Å². The van der Waals surface area contributed by atoms with Crippen molar-refractivity contribution < 1.29 is 9.53 Å². The third-order valence-corrected chi connectivity index (χ3v) is 3.07. The number of hydrogen-bond donors (Lipinski definition) is 1. The molecular weight excluding hydrogens is 204 g/mol. The van der Waals surface area contributed by atoms with E-state index in [-0.39, 0.29) is 12.1 Å². The Morgan fingerprint density at radius 1 is 1.62 bits per heavy atom. The van der Waals surface area contributed by atoms with Crippen molar-refractivity contribution in [2.24, 2.45) is 5.92 Å². The lowest BCUT2D eigenvalue weighted by atomic mass is 10.0. The minimum atomic E-state index is 0.0788. The highest BCUT2D eigenvalue weighted by molar-refractivity contribution is 5.74. The maximum Gasteiger partial charge on any atom is 0.317 e. The summed E-state index contributed by atoms with van der Waals surface area (Å²) in [6.45, 7) is 6.70. The maximum atomic E-state index is 11.9. The Kier molecular flexibility index (Phi) is 5.60. The standard InChI is InChI=1S/C12H24N2O2/c1-10-5-4-7-14(9-10)12(15)13-11(2)6-8-16-3/h10-11H,4-9H2,1-3H3,(H,13,15). The minimum absolute atomic E-state index is 0.0788. The van der Waals surface area contributed by atoms with Gasteiger partial charge < -0.3 is 15.0 Å². The van der Waals surface area contributed by atoms with Gasteiger partial charge in [0.25, 0.3) is 0 Å². The number of urea groups is 1. The van der Waals surface area contributed by atoms with Crippen LogP contribution in [0.1, 0.15) is 33.1 Å². The quantitative estimate of drug-likeness (QED) is 0.798. The van der Waals surface area contributed by atoms with E-state index in [1.807, 2.05) is 11.8 Å². The van der Waals surface area contributed by atoms with Gasteiger partial charge >= 0.3 is 6.03 Å². The van der Waals surface area contributed by atoms with E-state index in [4.69, 9.17) is 4.74 Å². The molecule has 4 nitrogen and oxygen atoms in total. The van der Waals surface area contributed by atoms with E-state index in [2.05, 4.69) is 12.2 Å². The first-order valence-electron chi connectivity index (χ1n) is 6.18. The van der Waals surface area contributed by atoms with E-state index in [1.54, 1.807) is 7.11 Å². The molecule has 4 heteroatoms. The number of methoxy groups -OCH3 is 1. The summed E-state index contributed by atoms with van der Waals surface area (Å²) in [6, 6.07) is 0.264. The fourth-order valence-corrected chi connectivity index (χ4v) is 2.04. The summed E-state index contributed by atoms with van der Waals surface area (Å²) in [6.07, 6.45) is 3.23. The lowest BCUT2D eigenvalue weighted by Gasteiger charge is -2.32. The number of amides is 2. The van der Waals surface area contributed by atoms with Crippen LogP contribution in [0.25, 0.3) is 0 Å². The van der Waals surface area contributed by atoms with Crippen molar-refractivity contribution in [3.63, 3.8) is 0 Å². The highest BCUT2D eigenvalue weighted by atomic mass is 16.5. The van der Waals surface area contributed by atoms with Crippen LogP contribution < -0.4 is 5.32 Å². The Hall–Kier alpha value is -0.770. The third kappa shape index (κ3) is 4.39. The molecule has 0 aromatic carbocycles. The van der Waals surface area contributed by atoms with Crippen molar-refractivity contribution in [2.75, 3.05) is 26.8 Å². The van der Waals surface area contributed by atoms with Crippen molar-refractivity contribution >= 4 is 6.03 Å². The second-order valence-corrected chi connectivity index (χ2v) is 4.83. The smallest absolute Gasteiger partial charge is 0.317 e. The van der Waals surface area contributed by atoms with Crippen LogP contribution in [0.15, 0.2) is 0 Å². The van der Waals surface area contributed by atoms with Crippen LogP contribution in [0.4, 0.5) is 4.79 Å². The zero-order valence-electron chi connectivity index (χ0n) is 10.7. The van der Waals surface area contributed by atoms with Crippen molar-refractivity contribution in [1.82, 2.24) is 10.2 Å². The number of nitrogens with zero attached hydrogens (tertiary/aromatic N) is 1. The first-order valence-corrected chi connectivity index (χ1v) is 6.18. The minimum Gasteiger partial charge on any atom is -0.385 e. The molecule has 0 spiro atoms. The van der Waals surface area contributed by atoms with E-state index in [1.165, 1.54) is 6.42 Å². The third-order valence-electron chi connectivity index (χ3n) is 3.07. The summed E-state index contributed by atoms with van der Waals surface area (Å²) in [7, 11) is 1.68. The van der Waals surface area contributed by atoms with Gasteiger partial charge in [0.05, 0.1) is 0 Å². The number of carbonyl (C=O) groups excluding carboxylic acids is 1. The van der Waals surface area contributed by atoms with Gasteiger partial charge in [0, 0.05) is 32.8 Å². The molecule has 0 radical (unpaired) electrons. The zero-order chi connectivity index (χ0) is 12.0. The van der Waals surface area contributed by atoms with Crippen molar-refractivity contribution in [3.8, 4) is 0 Å². The van der Waals surface area contributed by atoms with Crippen molar-refractivity contribution in [3.05, 3.63) is 0 Å². The summed E-state index contributed by atoms with van der Waals surface area (Å²) >= 11 is 0. The van der Waals surface area contributed by atoms with Crippen LogP contribution in [0, 0.1) is 5.92 Å². The van der Waals surface area contributed by atoms with Gasteiger partial charge in [-0.3, -0.25) is 0 Å². The number of likely N-dealkylation sites (tertiary alicyclic amines) is 1. The Bertz CT molecular complexity index is 221. The molecule has 1 N–H and O–H groups in total. The van der Waals surface area contributed by atoms with Gasteiger partial charge in [0.1, 0.15) is 0 Å². The van der Waals surface area contributed by atoms with Gasteiger partial charge in [-0.1, -0.05) is 6.92 Å². The van der Waals surface area contributed by atoms with Crippen LogP contribution in [0.3, 0.4) is 0 Å². The monoisotopic (exact) mass is 228 g/mol. The number of ether oxygens (including phenoxy) is 1. The Balaban J connectivity index is 2.27. The molecule has 1 heterocycles. The summed E-state index contributed by atoms with van der Waals surface area (Å²) < 4.78 is 4.99. The number of hydrogen-bond acceptors (Lipinski definition) is 2. The Morgan fingerprint density at radius 3 is 3.00 bits per heavy atom. The molecule has 2 unspecified atom stereocenters. The number of piperidine rings is 1. The molecule has 16 heavy (non-hydrogen) atoms. The van der Waals surface area contributed by atoms with E-state index in [9.17, 15) is 4.79 Å². The lowest BCUT2D eigenvalue weighted by molar-refractivity contribution is 0.159. The molecule has 0 aliphatic carbocycles. The molecule has 2 amide bonds. The summed E-state index contributed by atoms with van der Waals surface area (Å²) in [5, 5.41) is 3.01. The number of nitrogens with one attached hydrogen (secondary N) is 1. The second-order valence-electron chi connectivity index (χ2n) is 4.83. The number of rotatable bonds is 4. The zero-order valence-corrected chi connectivity index (χ0v) is 10.7. The molecule has 1 aliphatic heterocycles. The van der Waals surface area contributed by atoms with Gasteiger partial charge in [0.15, 0.2) is 0 Å². The summed E-state index contributed by atoms with van der Waals surface area (Å²) in [5.41, 5.74) is 0. The molecule has 1 aliphatic rings. The van der Waals surface area contributed by atoms with Crippen LogP contribution in [0.2, 0.25) is 0 Å². The maximum absolute atomic E-state index is 11.9. The van der Waals surface area contributed by atoms with Crippen LogP contribution in [0.5, 0.6) is 0 Å². The highest BCUT2D eigenvalue weighted by Gasteiger charge is 2.21. The first kappa shape index (κ1) is 13.3. The van der Waals surface area contributed by atoms with Crippen LogP contribution in [-0.2, 0) is 4.74 Å². The molecule has 0 aromatic heterocycles. The van der Waals surface area contributed by atoms with Gasteiger partial charge in [-0.05, 0) is 32.1 Å². The van der Waals surface area contributed by atoms with E-state index in [0.717, 1.165) is 25.9 Å². The topological polar surface area (TPSA) is 41.6 Å².